The molecule has 0 amide bonds. The summed E-state index contributed by atoms with van der Waals surface area (Å²) in [6, 6.07) is 5.97. The van der Waals surface area contributed by atoms with Crippen LogP contribution < -0.4 is 0 Å². The molecule has 0 spiro atoms. The first-order valence-electron chi connectivity index (χ1n) is 7.50. The van der Waals surface area contributed by atoms with Crippen molar-refractivity contribution in [2.24, 2.45) is 11.8 Å². The highest BCUT2D eigenvalue weighted by Crippen LogP contribution is 2.33. The summed E-state index contributed by atoms with van der Waals surface area (Å²) in [5.74, 6) is 0.898. The first-order chi connectivity index (χ1) is 9.20. The molecule has 0 atom stereocenters. The van der Waals surface area contributed by atoms with E-state index in [1.807, 2.05) is 0 Å². The molecule has 2 rings (SSSR count). The van der Waals surface area contributed by atoms with E-state index in [9.17, 15) is 9.18 Å². The number of hydrogen-bond donors (Lipinski definition) is 0. The van der Waals surface area contributed by atoms with Crippen LogP contribution in [-0.4, -0.2) is 5.78 Å². The van der Waals surface area contributed by atoms with Gasteiger partial charge in [-0.2, -0.15) is 0 Å². The first kappa shape index (κ1) is 14.2. The highest BCUT2D eigenvalue weighted by molar-refractivity contribution is 5.97. The Morgan fingerprint density at radius 2 is 1.79 bits per heavy atom. The Bertz CT molecular complexity index is 402. The van der Waals surface area contributed by atoms with Crippen LogP contribution in [0.3, 0.4) is 0 Å². The quantitative estimate of drug-likeness (QED) is 0.682. The van der Waals surface area contributed by atoms with Gasteiger partial charge in [0.1, 0.15) is 5.82 Å². The minimum Gasteiger partial charge on any atom is -0.294 e. The maximum Gasteiger partial charge on any atom is 0.165 e. The fourth-order valence-corrected chi connectivity index (χ4v) is 3.06. The number of carbonyl (C=O) groups is 1. The first-order valence-corrected chi connectivity index (χ1v) is 7.50. The lowest BCUT2D eigenvalue weighted by molar-refractivity contribution is 0.0869. The number of Topliss-reactive ketones (excluding diaryl/α,β-unsaturated/α-hetero) is 1. The molecule has 0 radical (unpaired) electrons. The largest absolute Gasteiger partial charge is 0.294 e. The van der Waals surface area contributed by atoms with Crippen LogP contribution in [0, 0.1) is 17.7 Å². The summed E-state index contributed by atoms with van der Waals surface area (Å²) >= 11 is 0. The highest BCUT2D eigenvalue weighted by atomic mass is 19.1. The van der Waals surface area contributed by atoms with E-state index < -0.39 is 0 Å². The van der Waals surface area contributed by atoms with Gasteiger partial charge in [0.2, 0.25) is 0 Å². The molecule has 104 valence electrons. The van der Waals surface area contributed by atoms with Gasteiger partial charge in [0.05, 0.1) is 0 Å². The van der Waals surface area contributed by atoms with Crippen LogP contribution in [0.5, 0.6) is 0 Å². The van der Waals surface area contributed by atoms with Gasteiger partial charge in [0.25, 0.3) is 0 Å². The second-order valence-electron chi connectivity index (χ2n) is 5.73. The third-order valence-corrected chi connectivity index (χ3v) is 4.31. The molecule has 0 saturated heterocycles. The van der Waals surface area contributed by atoms with E-state index in [1.54, 1.807) is 12.1 Å². The minimum atomic E-state index is -0.278. The number of rotatable bonds is 5. The van der Waals surface area contributed by atoms with Gasteiger partial charge in [-0.3, -0.25) is 4.79 Å². The highest BCUT2D eigenvalue weighted by Gasteiger charge is 2.26. The summed E-state index contributed by atoms with van der Waals surface area (Å²) in [7, 11) is 0. The zero-order valence-electron chi connectivity index (χ0n) is 11.7. The van der Waals surface area contributed by atoms with Gasteiger partial charge in [-0.05, 0) is 55.9 Å². The van der Waals surface area contributed by atoms with Crippen LogP contribution in [0.15, 0.2) is 24.3 Å². The van der Waals surface area contributed by atoms with E-state index in [0.29, 0.717) is 5.56 Å². The Hall–Kier alpha value is -1.18. The number of halogens is 1. The van der Waals surface area contributed by atoms with Gasteiger partial charge in [-0.1, -0.05) is 26.2 Å². The summed E-state index contributed by atoms with van der Waals surface area (Å²) in [6.07, 6.45) is 8.24. The van der Waals surface area contributed by atoms with Crippen molar-refractivity contribution in [3.05, 3.63) is 35.6 Å². The van der Waals surface area contributed by atoms with Crippen molar-refractivity contribution in [3.8, 4) is 0 Å². The third kappa shape index (κ3) is 3.89. The van der Waals surface area contributed by atoms with Crippen molar-refractivity contribution in [2.45, 2.75) is 51.9 Å². The van der Waals surface area contributed by atoms with Gasteiger partial charge < -0.3 is 0 Å². The monoisotopic (exact) mass is 262 g/mol. The van der Waals surface area contributed by atoms with Crippen LogP contribution in [0.2, 0.25) is 0 Å². The fourth-order valence-electron chi connectivity index (χ4n) is 3.06. The second kappa shape index (κ2) is 6.83. The summed E-state index contributed by atoms with van der Waals surface area (Å²) in [5.41, 5.74) is 0.665. The Labute approximate surface area is 115 Å². The third-order valence-electron chi connectivity index (χ3n) is 4.31. The van der Waals surface area contributed by atoms with E-state index in [-0.39, 0.29) is 17.5 Å². The number of benzene rings is 1. The van der Waals surface area contributed by atoms with Crippen LogP contribution in [0.25, 0.3) is 0 Å². The SMILES string of the molecule is CCCCC1CCC(C(=O)c2ccc(F)cc2)CC1. The lowest BCUT2D eigenvalue weighted by Crippen LogP contribution is -2.22. The van der Waals surface area contributed by atoms with Crippen molar-refractivity contribution < 1.29 is 9.18 Å². The number of hydrogen-bond acceptors (Lipinski definition) is 1. The zero-order chi connectivity index (χ0) is 13.7. The number of unbranched alkanes of at least 4 members (excludes halogenated alkanes) is 1. The molecule has 0 aliphatic heterocycles. The number of ketones is 1. The Morgan fingerprint density at radius 1 is 1.16 bits per heavy atom. The smallest absolute Gasteiger partial charge is 0.165 e. The molecule has 0 heterocycles. The van der Waals surface area contributed by atoms with Gasteiger partial charge in [-0.15, -0.1) is 0 Å². The normalized spacial score (nSPS) is 23.3. The Balaban J connectivity index is 1.87. The molecule has 0 bridgehead atoms. The fraction of sp³-hybridized carbons (Fsp3) is 0.588. The molecule has 1 saturated carbocycles. The van der Waals surface area contributed by atoms with E-state index in [1.165, 1.54) is 44.2 Å². The minimum absolute atomic E-state index is 0.156. The summed E-state index contributed by atoms with van der Waals surface area (Å²) in [4.78, 5) is 12.3. The number of carbonyl (C=O) groups excluding carboxylic acids is 1. The lowest BCUT2D eigenvalue weighted by Gasteiger charge is -2.27. The molecule has 1 aliphatic carbocycles. The predicted molar refractivity (Wildman–Crippen MR) is 75.7 cm³/mol. The molecule has 1 aliphatic rings. The standard InChI is InChI=1S/C17H23FO/c1-2-3-4-13-5-7-14(8-6-13)17(19)15-9-11-16(18)12-10-15/h9-14H,2-8H2,1H3. The van der Waals surface area contributed by atoms with Gasteiger partial charge in [0.15, 0.2) is 5.78 Å². The van der Waals surface area contributed by atoms with E-state index in [0.717, 1.165) is 18.8 Å². The van der Waals surface area contributed by atoms with Crippen LogP contribution in [0.4, 0.5) is 4.39 Å². The molecule has 0 N–H and O–H groups in total. The van der Waals surface area contributed by atoms with Crippen molar-refractivity contribution in [2.75, 3.05) is 0 Å². The van der Waals surface area contributed by atoms with Gasteiger partial charge in [0, 0.05) is 11.5 Å². The Morgan fingerprint density at radius 3 is 2.37 bits per heavy atom. The molecule has 19 heavy (non-hydrogen) atoms. The molecular weight excluding hydrogens is 239 g/mol. The van der Waals surface area contributed by atoms with Gasteiger partial charge in [-0.25, -0.2) is 4.39 Å². The van der Waals surface area contributed by atoms with Crippen molar-refractivity contribution in [1.82, 2.24) is 0 Å². The van der Waals surface area contributed by atoms with Gasteiger partial charge >= 0.3 is 0 Å². The zero-order valence-corrected chi connectivity index (χ0v) is 11.7. The molecule has 1 fully saturated rings. The van der Waals surface area contributed by atoms with Crippen molar-refractivity contribution in [1.29, 1.82) is 0 Å². The summed E-state index contributed by atoms with van der Waals surface area (Å²) in [5, 5.41) is 0. The lowest BCUT2D eigenvalue weighted by atomic mass is 9.77. The molecule has 2 heteroatoms. The van der Waals surface area contributed by atoms with E-state index in [2.05, 4.69) is 6.92 Å². The summed E-state index contributed by atoms with van der Waals surface area (Å²) in [6.45, 7) is 2.23. The molecular formula is C17H23FO. The van der Waals surface area contributed by atoms with Crippen molar-refractivity contribution >= 4 is 5.78 Å². The molecule has 1 aromatic carbocycles. The molecule has 1 aromatic rings. The van der Waals surface area contributed by atoms with E-state index >= 15 is 0 Å². The molecule has 0 aromatic heterocycles. The molecule has 1 nitrogen and oxygen atoms in total. The average Bonchev–Trinajstić information content (AvgIpc) is 2.46. The maximum atomic E-state index is 12.9. The van der Waals surface area contributed by atoms with E-state index in [4.69, 9.17) is 0 Å². The summed E-state index contributed by atoms with van der Waals surface area (Å²) < 4.78 is 12.9. The van der Waals surface area contributed by atoms with Crippen LogP contribution in [0.1, 0.15) is 62.2 Å². The van der Waals surface area contributed by atoms with Crippen LogP contribution in [-0.2, 0) is 0 Å². The Kier molecular flexibility index (Phi) is 5.12. The van der Waals surface area contributed by atoms with Crippen molar-refractivity contribution in [3.63, 3.8) is 0 Å². The average molecular weight is 262 g/mol. The predicted octanol–water partition coefficient (Wildman–Crippen LogP) is 5.01. The van der Waals surface area contributed by atoms with Crippen LogP contribution >= 0.6 is 0 Å². The second-order valence-corrected chi connectivity index (χ2v) is 5.73. The maximum absolute atomic E-state index is 12.9. The molecule has 0 unspecified atom stereocenters. The topological polar surface area (TPSA) is 17.1 Å².